The van der Waals surface area contributed by atoms with E-state index in [1.165, 1.54) is 4.90 Å². The molecule has 0 spiro atoms. The number of hydrogen-bond acceptors (Lipinski definition) is 3. The molecule has 0 atom stereocenters. The second kappa shape index (κ2) is 5.94. The first-order valence-electron chi connectivity index (χ1n) is 6.76. The van der Waals surface area contributed by atoms with E-state index in [-0.39, 0.29) is 12.5 Å². The van der Waals surface area contributed by atoms with Gasteiger partial charge in [-0.25, -0.2) is 0 Å². The molecule has 1 aliphatic carbocycles. The molecule has 0 heterocycles. The van der Waals surface area contributed by atoms with Crippen LogP contribution in [-0.2, 0) is 4.79 Å². The number of amides is 1. The maximum Gasteiger partial charge on any atom is 0.323 e. The fourth-order valence-corrected chi connectivity index (χ4v) is 2.08. The van der Waals surface area contributed by atoms with Crippen molar-refractivity contribution in [3.8, 4) is 0 Å². The highest BCUT2D eigenvalue weighted by Gasteiger charge is 2.28. The third-order valence-electron chi connectivity index (χ3n) is 3.42. The van der Waals surface area contributed by atoms with Gasteiger partial charge in [-0.15, -0.1) is 0 Å². The summed E-state index contributed by atoms with van der Waals surface area (Å²) in [5, 5.41) is 8.93. The fraction of sp³-hybridized carbons (Fsp3) is 0.467. The minimum Gasteiger partial charge on any atom is -0.480 e. The van der Waals surface area contributed by atoms with Crippen molar-refractivity contribution in [3.05, 3.63) is 29.8 Å². The number of nitrogens with zero attached hydrogens (tertiary/aromatic N) is 2. The molecule has 1 fully saturated rings. The van der Waals surface area contributed by atoms with Gasteiger partial charge in [0, 0.05) is 31.9 Å². The standard InChI is InChI=1S/C15H20N2O3/c1-16(2)13-7-5-12(6-8-13)15(20)17(10-14(18)19)9-11-3-4-11/h5-8,11H,3-4,9-10H2,1-2H3,(H,18,19). The Morgan fingerprint density at radius 1 is 1.20 bits per heavy atom. The van der Waals surface area contributed by atoms with Crippen LogP contribution in [0, 0.1) is 5.92 Å². The molecule has 1 aromatic rings. The van der Waals surface area contributed by atoms with Gasteiger partial charge in [-0.2, -0.15) is 0 Å². The number of anilines is 1. The minimum absolute atomic E-state index is 0.204. The van der Waals surface area contributed by atoms with Crippen LogP contribution in [0.1, 0.15) is 23.2 Å². The van der Waals surface area contributed by atoms with Crippen LogP contribution in [0.25, 0.3) is 0 Å². The van der Waals surface area contributed by atoms with Crippen LogP contribution in [0.15, 0.2) is 24.3 Å². The molecule has 0 bridgehead atoms. The summed E-state index contributed by atoms with van der Waals surface area (Å²) in [6.45, 7) is 0.311. The van der Waals surface area contributed by atoms with E-state index >= 15 is 0 Å². The highest BCUT2D eigenvalue weighted by Crippen LogP contribution is 2.30. The first-order valence-corrected chi connectivity index (χ1v) is 6.76. The molecular weight excluding hydrogens is 256 g/mol. The molecule has 5 heteroatoms. The van der Waals surface area contributed by atoms with Gasteiger partial charge < -0.3 is 14.9 Å². The average Bonchev–Trinajstić information content (AvgIpc) is 3.20. The predicted octanol–water partition coefficient (Wildman–Crippen LogP) is 1.69. The van der Waals surface area contributed by atoms with Crippen LogP contribution in [0.4, 0.5) is 5.69 Å². The van der Waals surface area contributed by atoms with Crippen molar-refractivity contribution < 1.29 is 14.7 Å². The van der Waals surface area contributed by atoms with Crippen molar-refractivity contribution in [1.82, 2.24) is 4.90 Å². The lowest BCUT2D eigenvalue weighted by Gasteiger charge is -2.21. The van der Waals surface area contributed by atoms with E-state index in [1.54, 1.807) is 12.1 Å². The number of aliphatic carboxylic acids is 1. The van der Waals surface area contributed by atoms with E-state index in [4.69, 9.17) is 5.11 Å². The van der Waals surface area contributed by atoms with Crippen LogP contribution >= 0.6 is 0 Å². The summed E-state index contributed by atoms with van der Waals surface area (Å²) in [4.78, 5) is 26.7. The van der Waals surface area contributed by atoms with Crippen LogP contribution < -0.4 is 4.90 Å². The first-order chi connectivity index (χ1) is 9.47. The van der Waals surface area contributed by atoms with Gasteiger partial charge in [-0.05, 0) is 43.0 Å². The maximum absolute atomic E-state index is 12.4. The van der Waals surface area contributed by atoms with E-state index in [9.17, 15) is 9.59 Å². The normalized spacial score (nSPS) is 13.9. The Morgan fingerprint density at radius 3 is 2.25 bits per heavy atom. The van der Waals surface area contributed by atoms with Crippen molar-refractivity contribution in [2.45, 2.75) is 12.8 Å². The number of carboxylic acid groups (broad SMARTS) is 1. The fourth-order valence-electron chi connectivity index (χ4n) is 2.08. The largest absolute Gasteiger partial charge is 0.480 e. The van der Waals surface area contributed by atoms with Gasteiger partial charge in [-0.3, -0.25) is 9.59 Å². The van der Waals surface area contributed by atoms with Gasteiger partial charge in [0.05, 0.1) is 0 Å². The Labute approximate surface area is 118 Å². The molecule has 0 aliphatic heterocycles. The van der Waals surface area contributed by atoms with Gasteiger partial charge in [0.2, 0.25) is 0 Å². The molecule has 2 rings (SSSR count). The van der Waals surface area contributed by atoms with Gasteiger partial charge >= 0.3 is 5.97 Å². The van der Waals surface area contributed by atoms with Crippen molar-refractivity contribution in [2.75, 3.05) is 32.1 Å². The van der Waals surface area contributed by atoms with E-state index < -0.39 is 5.97 Å². The zero-order valence-electron chi connectivity index (χ0n) is 11.9. The molecule has 5 nitrogen and oxygen atoms in total. The van der Waals surface area contributed by atoms with Crippen LogP contribution in [0.3, 0.4) is 0 Å². The van der Waals surface area contributed by atoms with E-state index in [0.717, 1.165) is 18.5 Å². The molecule has 1 saturated carbocycles. The lowest BCUT2D eigenvalue weighted by molar-refractivity contribution is -0.137. The lowest BCUT2D eigenvalue weighted by Crippen LogP contribution is -2.37. The van der Waals surface area contributed by atoms with Gasteiger partial charge in [0.15, 0.2) is 0 Å². The lowest BCUT2D eigenvalue weighted by atomic mass is 10.1. The average molecular weight is 276 g/mol. The quantitative estimate of drug-likeness (QED) is 0.859. The van der Waals surface area contributed by atoms with Crippen molar-refractivity contribution >= 4 is 17.6 Å². The van der Waals surface area contributed by atoms with Crippen molar-refractivity contribution in [3.63, 3.8) is 0 Å². The number of hydrogen-bond donors (Lipinski definition) is 1. The number of carbonyl (C=O) groups is 2. The third kappa shape index (κ3) is 3.73. The van der Waals surface area contributed by atoms with Crippen LogP contribution in [0.2, 0.25) is 0 Å². The molecule has 0 aromatic heterocycles. The zero-order chi connectivity index (χ0) is 14.7. The molecule has 1 aromatic carbocycles. The highest BCUT2D eigenvalue weighted by atomic mass is 16.4. The summed E-state index contributed by atoms with van der Waals surface area (Å²) >= 11 is 0. The minimum atomic E-state index is -0.969. The number of carbonyl (C=O) groups excluding carboxylic acids is 1. The van der Waals surface area contributed by atoms with Gasteiger partial charge in [0.1, 0.15) is 6.54 Å². The summed E-state index contributed by atoms with van der Waals surface area (Å²) in [6, 6.07) is 7.23. The molecule has 20 heavy (non-hydrogen) atoms. The number of carboxylic acids is 1. The van der Waals surface area contributed by atoms with E-state index in [2.05, 4.69) is 0 Å². The smallest absolute Gasteiger partial charge is 0.323 e. The summed E-state index contributed by atoms with van der Waals surface area (Å²) in [6.07, 6.45) is 2.17. The molecule has 108 valence electrons. The molecule has 0 unspecified atom stereocenters. The third-order valence-corrected chi connectivity index (χ3v) is 3.42. The summed E-state index contributed by atoms with van der Waals surface area (Å²) in [5.74, 6) is -0.701. The molecule has 0 radical (unpaired) electrons. The molecule has 1 aliphatic rings. The van der Waals surface area contributed by atoms with Gasteiger partial charge in [0.25, 0.3) is 5.91 Å². The Balaban J connectivity index is 2.10. The second-order valence-corrected chi connectivity index (χ2v) is 5.46. The van der Waals surface area contributed by atoms with Gasteiger partial charge in [-0.1, -0.05) is 0 Å². The monoisotopic (exact) mass is 276 g/mol. The maximum atomic E-state index is 12.4. The molecule has 0 saturated heterocycles. The highest BCUT2D eigenvalue weighted by molar-refractivity contribution is 5.96. The zero-order valence-corrected chi connectivity index (χ0v) is 11.9. The summed E-state index contributed by atoms with van der Waals surface area (Å²) in [7, 11) is 3.86. The summed E-state index contributed by atoms with van der Waals surface area (Å²) < 4.78 is 0. The predicted molar refractivity (Wildman–Crippen MR) is 77.0 cm³/mol. The number of rotatable bonds is 6. The Morgan fingerprint density at radius 2 is 1.80 bits per heavy atom. The topological polar surface area (TPSA) is 60.9 Å². The molecular formula is C15H20N2O3. The Kier molecular flexibility index (Phi) is 4.27. The number of benzene rings is 1. The van der Waals surface area contributed by atoms with Crippen LogP contribution in [-0.4, -0.2) is 49.1 Å². The van der Waals surface area contributed by atoms with Crippen molar-refractivity contribution in [2.24, 2.45) is 5.92 Å². The Hall–Kier alpha value is -2.04. The van der Waals surface area contributed by atoms with E-state index in [0.29, 0.717) is 18.0 Å². The first kappa shape index (κ1) is 14.4. The summed E-state index contributed by atoms with van der Waals surface area (Å²) in [5.41, 5.74) is 1.55. The molecule has 1 N–H and O–H groups in total. The molecule has 1 amide bonds. The van der Waals surface area contributed by atoms with Crippen LogP contribution in [0.5, 0.6) is 0 Å². The SMILES string of the molecule is CN(C)c1ccc(C(=O)N(CC(=O)O)CC2CC2)cc1. The van der Waals surface area contributed by atoms with Crippen molar-refractivity contribution in [1.29, 1.82) is 0 Å². The Bertz CT molecular complexity index is 492. The second-order valence-electron chi connectivity index (χ2n) is 5.46. The van der Waals surface area contributed by atoms with E-state index in [1.807, 2.05) is 31.1 Å².